The number of hydrogen-bond donors (Lipinski definition) is 1. The summed E-state index contributed by atoms with van der Waals surface area (Å²) in [7, 11) is 0. The minimum atomic E-state index is 0.373. The third-order valence-corrected chi connectivity index (χ3v) is 4.47. The lowest BCUT2D eigenvalue weighted by Crippen LogP contribution is -2.01. The Hall–Kier alpha value is -1.59. The van der Waals surface area contributed by atoms with Crippen LogP contribution in [-0.4, -0.2) is 15.0 Å². The van der Waals surface area contributed by atoms with Gasteiger partial charge in [0.05, 0.1) is 10.2 Å². The molecule has 20 heavy (non-hydrogen) atoms. The van der Waals surface area contributed by atoms with E-state index in [4.69, 9.17) is 12.2 Å². The first-order chi connectivity index (χ1) is 9.56. The number of nitrogens with zero attached hydrogens (tertiary/aromatic N) is 2. The van der Waals surface area contributed by atoms with Crippen LogP contribution < -0.4 is 0 Å². The van der Waals surface area contributed by atoms with Crippen LogP contribution in [0.25, 0.3) is 21.6 Å². The lowest BCUT2D eigenvalue weighted by Gasteiger charge is -2.11. The van der Waals surface area contributed by atoms with E-state index in [1.807, 2.05) is 24.6 Å². The van der Waals surface area contributed by atoms with E-state index in [0.717, 1.165) is 32.9 Å². The normalized spacial score (nSPS) is 11.4. The van der Waals surface area contributed by atoms with Gasteiger partial charge in [-0.05, 0) is 30.4 Å². The van der Waals surface area contributed by atoms with Gasteiger partial charge in [-0.25, -0.2) is 4.98 Å². The van der Waals surface area contributed by atoms with E-state index in [1.165, 1.54) is 0 Å². The SMILES string of the molecule is Cc1[nH]c(-c2cnc3ccsc3c2)nc(=S)c1C(C)C. The van der Waals surface area contributed by atoms with Gasteiger partial charge in [0.1, 0.15) is 10.5 Å². The maximum Gasteiger partial charge on any atom is 0.140 e. The van der Waals surface area contributed by atoms with Gasteiger partial charge in [0.2, 0.25) is 0 Å². The van der Waals surface area contributed by atoms with Crippen LogP contribution in [0.4, 0.5) is 0 Å². The number of fused-ring (bicyclic) bond motifs is 1. The van der Waals surface area contributed by atoms with Gasteiger partial charge in [0.15, 0.2) is 0 Å². The summed E-state index contributed by atoms with van der Waals surface area (Å²) >= 11 is 7.12. The van der Waals surface area contributed by atoms with Gasteiger partial charge in [0, 0.05) is 23.0 Å². The first-order valence-corrected chi connectivity index (χ1v) is 7.79. The van der Waals surface area contributed by atoms with E-state index in [1.54, 1.807) is 11.3 Å². The molecule has 3 nitrogen and oxygen atoms in total. The van der Waals surface area contributed by atoms with Crippen LogP contribution in [0.3, 0.4) is 0 Å². The highest BCUT2D eigenvalue weighted by Crippen LogP contribution is 2.26. The second kappa shape index (κ2) is 5.07. The molecule has 0 radical (unpaired) electrons. The van der Waals surface area contributed by atoms with Crippen LogP contribution in [0.5, 0.6) is 0 Å². The van der Waals surface area contributed by atoms with Crippen molar-refractivity contribution < 1.29 is 0 Å². The summed E-state index contributed by atoms with van der Waals surface area (Å²) in [6.45, 7) is 6.31. The zero-order chi connectivity index (χ0) is 14.3. The van der Waals surface area contributed by atoms with E-state index >= 15 is 0 Å². The number of aromatic nitrogens is 3. The zero-order valence-corrected chi connectivity index (χ0v) is 13.2. The number of H-pyrrole nitrogens is 1. The van der Waals surface area contributed by atoms with Crippen LogP contribution in [-0.2, 0) is 0 Å². The monoisotopic (exact) mass is 301 g/mol. The van der Waals surface area contributed by atoms with Crippen molar-refractivity contribution in [1.82, 2.24) is 15.0 Å². The number of pyridine rings is 1. The summed E-state index contributed by atoms with van der Waals surface area (Å²) in [5.41, 5.74) is 4.20. The summed E-state index contributed by atoms with van der Waals surface area (Å²) in [4.78, 5) is 12.3. The summed E-state index contributed by atoms with van der Waals surface area (Å²) < 4.78 is 1.84. The topological polar surface area (TPSA) is 41.6 Å². The van der Waals surface area contributed by atoms with Crippen LogP contribution >= 0.6 is 23.6 Å². The molecular formula is C15H15N3S2. The molecule has 0 aliphatic carbocycles. The summed E-state index contributed by atoms with van der Waals surface area (Å²) in [6.07, 6.45) is 1.84. The highest BCUT2D eigenvalue weighted by molar-refractivity contribution is 7.71. The number of aryl methyl sites for hydroxylation is 1. The summed E-state index contributed by atoms with van der Waals surface area (Å²) in [5.74, 6) is 1.16. The summed E-state index contributed by atoms with van der Waals surface area (Å²) in [6, 6.07) is 4.13. The van der Waals surface area contributed by atoms with Gasteiger partial charge in [-0.1, -0.05) is 26.1 Å². The maximum atomic E-state index is 5.43. The molecule has 0 aliphatic rings. The molecule has 0 aliphatic heterocycles. The van der Waals surface area contributed by atoms with Gasteiger partial charge in [-0.2, -0.15) is 0 Å². The minimum absolute atomic E-state index is 0.373. The van der Waals surface area contributed by atoms with Crippen molar-refractivity contribution in [2.45, 2.75) is 26.7 Å². The van der Waals surface area contributed by atoms with Crippen molar-refractivity contribution in [2.75, 3.05) is 0 Å². The van der Waals surface area contributed by atoms with Crippen molar-refractivity contribution in [1.29, 1.82) is 0 Å². The van der Waals surface area contributed by atoms with Gasteiger partial charge >= 0.3 is 0 Å². The predicted molar refractivity (Wildman–Crippen MR) is 86.9 cm³/mol. The van der Waals surface area contributed by atoms with Crippen molar-refractivity contribution in [3.05, 3.63) is 39.6 Å². The molecule has 3 heterocycles. The smallest absolute Gasteiger partial charge is 0.140 e. The second-order valence-electron chi connectivity index (χ2n) is 5.11. The molecule has 0 unspecified atom stereocenters. The molecule has 0 fully saturated rings. The Morgan fingerprint density at radius 1 is 1.35 bits per heavy atom. The highest BCUT2D eigenvalue weighted by Gasteiger charge is 2.11. The largest absolute Gasteiger partial charge is 0.343 e. The molecule has 1 N–H and O–H groups in total. The minimum Gasteiger partial charge on any atom is -0.343 e. The second-order valence-corrected chi connectivity index (χ2v) is 6.45. The molecular weight excluding hydrogens is 286 g/mol. The van der Waals surface area contributed by atoms with E-state index in [0.29, 0.717) is 10.6 Å². The third kappa shape index (κ3) is 2.27. The van der Waals surface area contributed by atoms with E-state index < -0.39 is 0 Å². The molecule has 0 saturated heterocycles. The molecule has 5 heteroatoms. The first-order valence-electron chi connectivity index (χ1n) is 6.50. The van der Waals surface area contributed by atoms with Crippen molar-refractivity contribution in [3.8, 4) is 11.4 Å². The standard InChI is InChI=1S/C15H15N3S2/c1-8(2)13-9(3)17-14(18-15(13)19)10-6-12-11(16-7-10)4-5-20-12/h4-8H,1-3H3,(H,17,18,19). The van der Waals surface area contributed by atoms with Crippen LogP contribution in [0.1, 0.15) is 31.0 Å². The Labute approximate surface area is 126 Å². The molecule has 3 rings (SSSR count). The lowest BCUT2D eigenvalue weighted by atomic mass is 10.0. The summed E-state index contributed by atoms with van der Waals surface area (Å²) in [5, 5.41) is 2.05. The van der Waals surface area contributed by atoms with Crippen LogP contribution in [0, 0.1) is 11.6 Å². The van der Waals surface area contributed by atoms with E-state index in [9.17, 15) is 0 Å². The quantitative estimate of drug-likeness (QED) is 0.688. The Bertz CT molecular complexity index is 830. The number of rotatable bonds is 2. The third-order valence-electron chi connectivity index (χ3n) is 3.31. The number of thiophene rings is 1. The average Bonchev–Trinajstić information content (AvgIpc) is 2.84. The van der Waals surface area contributed by atoms with E-state index in [2.05, 4.69) is 34.9 Å². The lowest BCUT2D eigenvalue weighted by molar-refractivity contribution is 0.825. The van der Waals surface area contributed by atoms with Crippen LogP contribution in [0.2, 0.25) is 0 Å². The molecule has 0 bridgehead atoms. The fourth-order valence-corrected chi connectivity index (χ4v) is 3.65. The Balaban J connectivity index is 2.17. The number of aromatic amines is 1. The maximum absolute atomic E-state index is 5.43. The Morgan fingerprint density at radius 2 is 2.15 bits per heavy atom. The Morgan fingerprint density at radius 3 is 2.85 bits per heavy atom. The fraction of sp³-hybridized carbons (Fsp3) is 0.267. The van der Waals surface area contributed by atoms with Gasteiger partial charge in [-0.15, -0.1) is 11.3 Å². The molecule has 3 aromatic rings. The highest BCUT2D eigenvalue weighted by atomic mass is 32.1. The zero-order valence-electron chi connectivity index (χ0n) is 11.6. The molecule has 3 aromatic heterocycles. The molecule has 0 atom stereocenters. The number of nitrogens with one attached hydrogen (secondary N) is 1. The van der Waals surface area contributed by atoms with E-state index in [-0.39, 0.29) is 0 Å². The van der Waals surface area contributed by atoms with Crippen molar-refractivity contribution in [3.63, 3.8) is 0 Å². The molecule has 0 amide bonds. The number of hydrogen-bond acceptors (Lipinski definition) is 4. The fourth-order valence-electron chi connectivity index (χ4n) is 2.39. The van der Waals surface area contributed by atoms with Gasteiger partial charge in [0.25, 0.3) is 0 Å². The molecule has 102 valence electrons. The van der Waals surface area contributed by atoms with Crippen LogP contribution in [0.15, 0.2) is 23.7 Å². The Kier molecular flexibility index (Phi) is 3.40. The predicted octanol–water partition coefficient (Wildman–Crippen LogP) is 4.85. The first kappa shape index (κ1) is 13.4. The van der Waals surface area contributed by atoms with Gasteiger partial charge < -0.3 is 4.98 Å². The van der Waals surface area contributed by atoms with Gasteiger partial charge in [-0.3, -0.25) is 4.98 Å². The van der Waals surface area contributed by atoms with Crippen molar-refractivity contribution >= 4 is 33.8 Å². The molecule has 0 aromatic carbocycles. The molecule has 0 spiro atoms. The molecule has 0 saturated carbocycles. The average molecular weight is 301 g/mol. The van der Waals surface area contributed by atoms with Crippen molar-refractivity contribution in [2.24, 2.45) is 0 Å².